The van der Waals surface area contributed by atoms with Crippen molar-refractivity contribution in [3.05, 3.63) is 34.9 Å². The Morgan fingerprint density at radius 3 is 2.60 bits per heavy atom. The van der Waals surface area contributed by atoms with E-state index in [4.69, 9.17) is 0 Å². The van der Waals surface area contributed by atoms with Crippen LogP contribution in [0, 0.1) is 0 Å². The van der Waals surface area contributed by atoms with E-state index in [9.17, 15) is 5.11 Å². The molecular weight excluding hydrogens is 184 g/mol. The van der Waals surface area contributed by atoms with Gasteiger partial charge in [0.05, 0.1) is 6.10 Å². The first-order valence-corrected chi connectivity index (χ1v) is 5.77. The maximum absolute atomic E-state index is 9.59. The molecule has 0 bridgehead atoms. The number of fused-ring (bicyclic) bond motifs is 1. The predicted octanol–water partition coefficient (Wildman–Crippen LogP) is 2.83. The van der Waals surface area contributed by atoms with Crippen molar-refractivity contribution < 1.29 is 5.11 Å². The van der Waals surface area contributed by atoms with Crippen LogP contribution in [0.4, 0.5) is 0 Å². The van der Waals surface area contributed by atoms with Gasteiger partial charge in [-0.05, 0) is 41.4 Å². The zero-order valence-corrected chi connectivity index (χ0v) is 9.88. The van der Waals surface area contributed by atoms with E-state index < -0.39 is 0 Å². The molecule has 1 atom stereocenters. The minimum atomic E-state index is -0.127. The molecule has 0 saturated heterocycles. The van der Waals surface area contributed by atoms with Crippen LogP contribution in [0.25, 0.3) is 0 Å². The summed E-state index contributed by atoms with van der Waals surface area (Å²) >= 11 is 0. The lowest BCUT2D eigenvalue weighted by atomic mass is 9.82. The Morgan fingerprint density at radius 2 is 1.93 bits per heavy atom. The van der Waals surface area contributed by atoms with Gasteiger partial charge < -0.3 is 5.11 Å². The molecule has 0 amide bonds. The molecule has 2 rings (SSSR count). The molecule has 1 nitrogen and oxygen atoms in total. The highest BCUT2D eigenvalue weighted by Crippen LogP contribution is 2.28. The summed E-state index contributed by atoms with van der Waals surface area (Å²) in [6, 6.07) is 6.72. The number of aryl methyl sites for hydroxylation is 1. The Bertz CT molecular complexity index is 360. The van der Waals surface area contributed by atoms with Crippen LogP contribution in [0.5, 0.6) is 0 Å². The zero-order valence-electron chi connectivity index (χ0n) is 9.88. The number of aliphatic hydroxyl groups is 1. The summed E-state index contributed by atoms with van der Waals surface area (Å²) in [5.41, 5.74) is 4.40. The SMILES string of the molecule is CC(C)(C)c1ccc2c(c1)CCC(O)C2. The second kappa shape index (κ2) is 3.64. The third-order valence-corrected chi connectivity index (χ3v) is 3.27. The van der Waals surface area contributed by atoms with Gasteiger partial charge in [0.2, 0.25) is 0 Å². The Labute approximate surface area is 92.1 Å². The molecule has 1 unspecified atom stereocenters. The first kappa shape index (κ1) is 10.7. The van der Waals surface area contributed by atoms with Crippen molar-refractivity contribution in [2.24, 2.45) is 0 Å². The van der Waals surface area contributed by atoms with E-state index in [0.717, 1.165) is 19.3 Å². The van der Waals surface area contributed by atoms with E-state index in [0.29, 0.717) is 0 Å². The molecule has 0 aliphatic heterocycles. The molecule has 0 saturated carbocycles. The Kier molecular flexibility index (Phi) is 2.59. The highest BCUT2D eigenvalue weighted by atomic mass is 16.3. The first-order chi connectivity index (χ1) is 6.97. The zero-order chi connectivity index (χ0) is 11.1. The normalized spacial score (nSPS) is 21.2. The van der Waals surface area contributed by atoms with Crippen molar-refractivity contribution in [1.29, 1.82) is 0 Å². The van der Waals surface area contributed by atoms with Crippen LogP contribution < -0.4 is 0 Å². The topological polar surface area (TPSA) is 20.2 Å². The van der Waals surface area contributed by atoms with Crippen molar-refractivity contribution in [3.63, 3.8) is 0 Å². The number of hydrogen-bond acceptors (Lipinski definition) is 1. The molecule has 1 aliphatic carbocycles. The van der Waals surface area contributed by atoms with E-state index in [1.54, 1.807) is 0 Å². The summed E-state index contributed by atoms with van der Waals surface area (Å²) < 4.78 is 0. The van der Waals surface area contributed by atoms with Gasteiger partial charge in [-0.25, -0.2) is 0 Å². The minimum Gasteiger partial charge on any atom is -0.393 e. The number of rotatable bonds is 0. The summed E-state index contributed by atoms with van der Waals surface area (Å²) in [5, 5.41) is 9.59. The second-order valence-corrected chi connectivity index (χ2v) is 5.63. The quantitative estimate of drug-likeness (QED) is 0.689. The standard InChI is InChI=1S/C14H20O/c1-14(2,3)12-6-4-11-9-13(15)7-5-10(11)8-12/h4,6,8,13,15H,5,7,9H2,1-3H3. The lowest BCUT2D eigenvalue weighted by Crippen LogP contribution is -2.20. The average molecular weight is 204 g/mol. The van der Waals surface area contributed by atoms with E-state index >= 15 is 0 Å². The summed E-state index contributed by atoms with van der Waals surface area (Å²) in [6.07, 6.45) is 2.65. The van der Waals surface area contributed by atoms with E-state index in [-0.39, 0.29) is 11.5 Å². The highest BCUT2D eigenvalue weighted by molar-refractivity contribution is 5.37. The fourth-order valence-corrected chi connectivity index (χ4v) is 2.20. The van der Waals surface area contributed by atoms with Gasteiger partial charge in [-0.1, -0.05) is 39.0 Å². The molecule has 1 N–H and O–H groups in total. The van der Waals surface area contributed by atoms with Crippen LogP contribution in [0.2, 0.25) is 0 Å². The number of aliphatic hydroxyl groups excluding tert-OH is 1. The molecule has 0 radical (unpaired) electrons. The van der Waals surface area contributed by atoms with Gasteiger partial charge in [0, 0.05) is 0 Å². The van der Waals surface area contributed by atoms with Crippen molar-refractivity contribution >= 4 is 0 Å². The second-order valence-electron chi connectivity index (χ2n) is 5.63. The lowest BCUT2D eigenvalue weighted by molar-refractivity contribution is 0.158. The van der Waals surface area contributed by atoms with Crippen LogP contribution >= 0.6 is 0 Å². The van der Waals surface area contributed by atoms with Crippen LogP contribution in [-0.2, 0) is 18.3 Å². The Balaban J connectivity index is 2.35. The summed E-state index contributed by atoms with van der Waals surface area (Å²) in [7, 11) is 0. The van der Waals surface area contributed by atoms with Gasteiger partial charge in [0.1, 0.15) is 0 Å². The lowest BCUT2D eigenvalue weighted by Gasteiger charge is -2.25. The number of benzene rings is 1. The first-order valence-electron chi connectivity index (χ1n) is 5.77. The largest absolute Gasteiger partial charge is 0.393 e. The molecule has 0 spiro atoms. The van der Waals surface area contributed by atoms with Crippen molar-refractivity contribution in [3.8, 4) is 0 Å². The van der Waals surface area contributed by atoms with E-state index in [1.165, 1.54) is 16.7 Å². The van der Waals surface area contributed by atoms with Crippen LogP contribution in [-0.4, -0.2) is 11.2 Å². The highest BCUT2D eigenvalue weighted by Gasteiger charge is 2.19. The number of hydrogen-bond donors (Lipinski definition) is 1. The summed E-state index contributed by atoms with van der Waals surface area (Å²) in [4.78, 5) is 0. The van der Waals surface area contributed by atoms with Gasteiger partial charge in [-0.15, -0.1) is 0 Å². The van der Waals surface area contributed by atoms with Crippen molar-refractivity contribution in [2.45, 2.75) is 51.6 Å². The Hall–Kier alpha value is -0.820. The summed E-state index contributed by atoms with van der Waals surface area (Å²) in [6.45, 7) is 6.73. The van der Waals surface area contributed by atoms with Gasteiger partial charge in [0.25, 0.3) is 0 Å². The third-order valence-electron chi connectivity index (χ3n) is 3.27. The molecule has 0 aromatic heterocycles. The Morgan fingerprint density at radius 1 is 1.20 bits per heavy atom. The van der Waals surface area contributed by atoms with Gasteiger partial charge in [-0.3, -0.25) is 0 Å². The van der Waals surface area contributed by atoms with Crippen LogP contribution in [0.1, 0.15) is 43.9 Å². The van der Waals surface area contributed by atoms with Crippen LogP contribution in [0.15, 0.2) is 18.2 Å². The molecule has 0 fully saturated rings. The fourth-order valence-electron chi connectivity index (χ4n) is 2.20. The summed E-state index contributed by atoms with van der Waals surface area (Å²) in [5.74, 6) is 0. The van der Waals surface area contributed by atoms with Gasteiger partial charge >= 0.3 is 0 Å². The average Bonchev–Trinajstić information content (AvgIpc) is 2.15. The van der Waals surface area contributed by atoms with Gasteiger partial charge in [-0.2, -0.15) is 0 Å². The molecule has 1 aromatic rings. The molecule has 15 heavy (non-hydrogen) atoms. The third kappa shape index (κ3) is 2.23. The van der Waals surface area contributed by atoms with E-state index in [2.05, 4.69) is 39.0 Å². The smallest absolute Gasteiger partial charge is 0.0583 e. The molecule has 0 heterocycles. The van der Waals surface area contributed by atoms with Crippen LogP contribution in [0.3, 0.4) is 0 Å². The molecular formula is C14H20O. The molecule has 1 aromatic carbocycles. The molecule has 1 heteroatoms. The maximum atomic E-state index is 9.59. The monoisotopic (exact) mass is 204 g/mol. The maximum Gasteiger partial charge on any atom is 0.0583 e. The van der Waals surface area contributed by atoms with Crippen molar-refractivity contribution in [1.82, 2.24) is 0 Å². The minimum absolute atomic E-state index is 0.127. The van der Waals surface area contributed by atoms with Gasteiger partial charge in [0.15, 0.2) is 0 Å². The van der Waals surface area contributed by atoms with E-state index in [1.807, 2.05) is 0 Å². The fraction of sp³-hybridized carbons (Fsp3) is 0.571. The van der Waals surface area contributed by atoms with Crippen molar-refractivity contribution in [2.75, 3.05) is 0 Å². The predicted molar refractivity (Wildman–Crippen MR) is 63.2 cm³/mol. The molecule has 82 valence electrons. The molecule has 1 aliphatic rings.